The number of aromatic nitrogens is 3. The van der Waals surface area contributed by atoms with Crippen LogP contribution in [0.15, 0.2) is 48.8 Å². The lowest BCUT2D eigenvalue weighted by atomic mass is 9.90. The third-order valence-electron chi connectivity index (χ3n) is 5.03. The summed E-state index contributed by atoms with van der Waals surface area (Å²) < 4.78 is 0. The molecule has 0 N–H and O–H groups in total. The Hall–Kier alpha value is -2.82. The van der Waals surface area contributed by atoms with Crippen molar-refractivity contribution in [2.75, 3.05) is 13.1 Å². The van der Waals surface area contributed by atoms with Gasteiger partial charge in [-0.3, -0.25) is 9.78 Å². The van der Waals surface area contributed by atoms with Crippen molar-refractivity contribution in [3.63, 3.8) is 0 Å². The summed E-state index contributed by atoms with van der Waals surface area (Å²) in [7, 11) is 0. The van der Waals surface area contributed by atoms with Crippen LogP contribution in [-0.4, -0.2) is 38.8 Å². The predicted molar refractivity (Wildman–Crippen MR) is 101 cm³/mol. The van der Waals surface area contributed by atoms with Gasteiger partial charge in [-0.25, -0.2) is 9.97 Å². The highest BCUT2D eigenvalue weighted by Crippen LogP contribution is 2.25. The summed E-state index contributed by atoms with van der Waals surface area (Å²) >= 11 is 0. The summed E-state index contributed by atoms with van der Waals surface area (Å²) in [6.07, 6.45) is 6.61. The first kappa shape index (κ1) is 16.6. The second-order valence-corrected chi connectivity index (χ2v) is 6.94. The first-order valence-electron chi connectivity index (χ1n) is 9.12. The maximum atomic E-state index is 12.8. The number of fused-ring (bicyclic) bond motifs is 1. The minimum atomic E-state index is 0.0104. The van der Waals surface area contributed by atoms with Gasteiger partial charge in [0.1, 0.15) is 11.5 Å². The van der Waals surface area contributed by atoms with Crippen LogP contribution in [0.2, 0.25) is 0 Å². The van der Waals surface area contributed by atoms with Gasteiger partial charge in [0.2, 0.25) is 0 Å². The van der Waals surface area contributed by atoms with Crippen LogP contribution < -0.4 is 0 Å². The van der Waals surface area contributed by atoms with E-state index in [2.05, 4.69) is 39.2 Å². The van der Waals surface area contributed by atoms with E-state index in [1.54, 1.807) is 12.3 Å². The van der Waals surface area contributed by atoms with E-state index in [9.17, 15) is 4.79 Å². The van der Waals surface area contributed by atoms with Gasteiger partial charge in [-0.2, -0.15) is 0 Å². The minimum absolute atomic E-state index is 0.0104. The molecule has 0 unspecified atom stereocenters. The Morgan fingerprint density at radius 1 is 1.15 bits per heavy atom. The van der Waals surface area contributed by atoms with Crippen LogP contribution >= 0.6 is 0 Å². The molecule has 3 aromatic rings. The summed E-state index contributed by atoms with van der Waals surface area (Å²) in [5.41, 5.74) is 2.83. The second-order valence-electron chi connectivity index (χ2n) is 6.94. The Morgan fingerprint density at radius 3 is 2.92 bits per heavy atom. The van der Waals surface area contributed by atoms with Gasteiger partial charge in [-0.15, -0.1) is 0 Å². The van der Waals surface area contributed by atoms with E-state index in [0.717, 1.165) is 37.9 Å². The SMILES string of the molecule is Cc1nccc(C(=O)N2CCC[C@@H](Cc3cccc4cccnc34)C2)n1. The normalized spacial score (nSPS) is 17.4. The molecule has 1 atom stereocenters. The zero-order chi connectivity index (χ0) is 17.9. The number of hydrogen-bond donors (Lipinski definition) is 0. The molecule has 1 fully saturated rings. The van der Waals surface area contributed by atoms with Gasteiger partial charge in [0.05, 0.1) is 5.52 Å². The third kappa shape index (κ3) is 3.43. The Bertz CT molecular complexity index is 935. The molecule has 1 aliphatic heterocycles. The number of carbonyl (C=O) groups excluding carboxylic acids is 1. The summed E-state index contributed by atoms with van der Waals surface area (Å²) in [6, 6.07) is 12.1. The van der Waals surface area contributed by atoms with Crippen molar-refractivity contribution in [3.05, 3.63) is 65.9 Å². The molecular formula is C21H22N4O. The zero-order valence-corrected chi connectivity index (χ0v) is 14.9. The van der Waals surface area contributed by atoms with Crippen LogP contribution in [0.1, 0.15) is 34.7 Å². The Balaban J connectivity index is 1.51. The lowest BCUT2D eigenvalue weighted by molar-refractivity contribution is 0.0667. The average Bonchev–Trinajstić information content (AvgIpc) is 2.68. The third-order valence-corrected chi connectivity index (χ3v) is 5.03. The zero-order valence-electron chi connectivity index (χ0n) is 14.9. The van der Waals surface area contributed by atoms with Gasteiger partial charge in [0.15, 0.2) is 0 Å². The molecule has 2 aromatic heterocycles. The number of rotatable bonds is 3. The lowest BCUT2D eigenvalue weighted by Gasteiger charge is -2.32. The minimum Gasteiger partial charge on any atom is -0.337 e. The molecule has 0 spiro atoms. The Kier molecular flexibility index (Phi) is 4.61. The summed E-state index contributed by atoms with van der Waals surface area (Å²) in [5, 5.41) is 1.17. The van der Waals surface area contributed by atoms with Crippen LogP contribution in [0.4, 0.5) is 0 Å². The highest BCUT2D eigenvalue weighted by molar-refractivity contribution is 5.92. The number of amides is 1. The Labute approximate surface area is 153 Å². The smallest absolute Gasteiger partial charge is 0.272 e. The molecule has 5 heteroatoms. The standard InChI is InChI=1S/C21H22N4O/c1-15-22-11-9-19(24-15)21(26)25-12-4-5-16(14-25)13-18-7-2-6-17-8-3-10-23-20(17)18/h2-3,6-11,16H,4-5,12-14H2,1H3/t16-/m0/s1. The van der Waals surface area contributed by atoms with Gasteiger partial charge in [0.25, 0.3) is 5.91 Å². The van der Waals surface area contributed by atoms with Crippen molar-refractivity contribution in [1.82, 2.24) is 19.9 Å². The van der Waals surface area contributed by atoms with Crippen molar-refractivity contribution in [2.45, 2.75) is 26.2 Å². The number of piperidine rings is 1. The summed E-state index contributed by atoms with van der Waals surface area (Å²) in [4.78, 5) is 27.6. The molecule has 0 saturated carbocycles. The molecule has 0 aliphatic carbocycles. The fourth-order valence-corrected chi connectivity index (χ4v) is 3.80. The van der Waals surface area contributed by atoms with Gasteiger partial charge in [0, 0.05) is 30.9 Å². The molecule has 1 amide bonds. The monoisotopic (exact) mass is 346 g/mol. The highest BCUT2D eigenvalue weighted by Gasteiger charge is 2.26. The second kappa shape index (κ2) is 7.20. The topological polar surface area (TPSA) is 59.0 Å². The predicted octanol–water partition coefficient (Wildman–Crippen LogP) is 3.43. The van der Waals surface area contributed by atoms with E-state index < -0.39 is 0 Å². The fourth-order valence-electron chi connectivity index (χ4n) is 3.80. The highest BCUT2D eigenvalue weighted by atomic mass is 16.2. The molecule has 132 valence electrons. The van der Waals surface area contributed by atoms with Crippen molar-refractivity contribution >= 4 is 16.8 Å². The van der Waals surface area contributed by atoms with E-state index >= 15 is 0 Å². The first-order chi connectivity index (χ1) is 12.7. The largest absolute Gasteiger partial charge is 0.337 e. The number of benzene rings is 1. The van der Waals surface area contributed by atoms with E-state index in [4.69, 9.17) is 0 Å². The maximum Gasteiger partial charge on any atom is 0.272 e. The number of nitrogens with zero attached hydrogens (tertiary/aromatic N) is 4. The molecule has 26 heavy (non-hydrogen) atoms. The van der Waals surface area contributed by atoms with Crippen LogP contribution in [0.3, 0.4) is 0 Å². The van der Waals surface area contributed by atoms with Crippen LogP contribution in [0, 0.1) is 12.8 Å². The molecule has 1 aromatic carbocycles. The van der Waals surface area contributed by atoms with Crippen LogP contribution in [0.25, 0.3) is 10.9 Å². The summed E-state index contributed by atoms with van der Waals surface area (Å²) in [5.74, 6) is 1.09. The summed E-state index contributed by atoms with van der Waals surface area (Å²) in [6.45, 7) is 3.38. The van der Waals surface area contributed by atoms with Gasteiger partial charge < -0.3 is 4.90 Å². The maximum absolute atomic E-state index is 12.8. The molecule has 3 heterocycles. The molecule has 1 aliphatic rings. The van der Waals surface area contributed by atoms with E-state index in [-0.39, 0.29) is 5.91 Å². The van der Waals surface area contributed by atoms with Gasteiger partial charge in [-0.05, 0) is 49.8 Å². The number of hydrogen-bond acceptors (Lipinski definition) is 4. The number of para-hydroxylation sites is 1. The van der Waals surface area contributed by atoms with E-state index in [0.29, 0.717) is 17.4 Å². The number of carbonyl (C=O) groups is 1. The Morgan fingerprint density at radius 2 is 2.04 bits per heavy atom. The molecular weight excluding hydrogens is 324 g/mol. The van der Waals surface area contributed by atoms with Gasteiger partial charge in [-0.1, -0.05) is 24.3 Å². The quantitative estimate of drug-likeness (QED) is 0.729. The van der Waals surface area contributed by atoms with E-state index in [1.807, 2.05) is 24.1 Å². The molecule has 4 rings (SSSR count). The van der Waals surface area contributed by atoms with Crippen molar-refractivity contribution in [1.29, 1.82) is 0 Å². The van der Waals surface area contributed by atoms with Crippen molar-refractivity contribution in [3.8, 4) is 0 Å². The molecule has 5 nitrogen and oxygen atoms in total. The first-order valence-corrected chi connectivity index (χ1v) is 9.12. The molecule has 0 bridgehead atoms. The number of pyridine rings is 1. The fraction of sp³-hybridized carbons (Fsp3) is 0.333. The molecule has 1 saturated heterocycles. The van der Waals surface area contributed by atoms with E-state index in [1.165, 1.54) is 10.9 Å². The average molecular weight is 346 g/mol. The van der Waals surface area contributed by atoms with Crippen LogP contribution in [-0.2, 0) is 6.42 Å². The van der Waals surface area contributed by atoms with Crippen molar-refractivity contribution in [2.24, 2.45) is 5.92 Å². The lowest BCUT2D eigenvalue weighted by Crippen LogP contribution is -2.41. The number of likely N-dealkylation sites (tertiary alicyclic amines) is 1. The number of aryl methyl sites for hydroxylation is 1. The van der Waals surface area contributed by atoms with Gasteiger partial charge >= 0.3 is 0 Å². The molecule has 0 radical (unpaired) electrons. The van der Waals surface area contributed by atoms with Crippen molar-refractivity contribution < 1.29 is 4.79 Å². The van der Waals surface area contributed by atoms with Crippen LogP contribution in [0.5, 0.6) is 0 Å².